The van der Waals surface area contributed by atoms with E-state index in [0.29, 0.717) is 17.1 Å². The number of carbonyl (C=O) groups excluding carboxylic acids is 3. The summed E-state index contributed by atoms with van der Waals surface area (Å²) < 4.78 is 10.8. The molecule has 0 aromatic heterocycles. The number of hydrogen-bond acceptors (Lipinski definition) is 5. The highest BCUT2D eigenvalue weighted by molar-refractivity contribution is 6.00. The van der Waals surface area contributed by atoms with Gasteiger partial charge in [0.1, 0.15) is 5.75 Å². The van der Waals surface area contributed by atoms with Gasteiger partial charge in [-0.05, 0) is 43.2 Å². The lowest BCUT2D eigenvalue weighted by Crippen LogP contribution is -2.45. The van der Waals surface area contributed by atoms with Crippen molar-refractivity contribution >= 4 is 29.1 Å². The maximum absolute atomic E-state index is 12.9. The van der Waals surface area contributed by atoms with Gasteiger partial charge in [0.25, 0.3) is 5.91 Å². The molecule has 0 unspecified atom stereocenters. The number of benzene rings is 2. The number of nitrogens with one attached hydrogen (secondary N) is 2. The summed E-state index contributed by atoms with van der Waals surface area (Å²) in [6.07, 6.45) is -1.14. The minimum absolute atomic E-state index is 0.152. The van der Waals surface area contributed by atoms with E-state index in [-0.39, 0.29) is 37.9 Å². The van der Waals surface area contributed by atoms with E-state index in [2.05, 4.69) is 10.6 Å². The molecule has 2 aromatic rings. The fourth-order valence-corrected chi connectivity index (χ4v) is 3.26. The van der Waals surface area contributed by atoms with E-state index in [1.54, 1.807) is 24.3 Å². The Hall–Kier alpha value is -3.39. The second-order valence-electron chi connectivity index (χ2n) is 7.40. The molecule has 0 aliphatic carbocycles. The Morgan fingerprint density at radius 2 is 1.94 bits per heavy atom. The summed E-state index contributed by atoms with van der Waals surface area (Å²) in [6, 6.07) is 12.7. The molecule has 0 fully saturated rings. The number of para-hydroxylation sites is 2. The minimum atomic E-state index is -0.963. The first-order valence-electron chi connectivity index (χ1n) is 10.1. The van der Waals surface area contributed by atoms with Crippen LogP contribution in [0.2, 0.25) is 0 Å². The normalized spacial score (nSPS) is 14.8. The number of rotatable bonds is 8. The van der Waals surface area contributed by atoms with E-state index in [1.807, 2.05) is 32.0 Å². The number of hydrogen-bond donors (Lipinski definition) is 2. The van der Waals surface area contributed by atoms with Crippen molar-refractivity contribution in [2.75, 3.05) is 37.4 Å². The van der Waals surface area contributed by atoms with E-state index in [4.69, 9.17) is 9.47 Å². The average Bonchev–Trinajstić information content (AvgIpc) is 2.74. The first-order chi connectivity index (χ1) is 14.9. The molecule has 0 radical (unpaired) electrons. The SMILES string of the molecule is COCCN(CC(=O)Nc1cccc(C)c1C)C(=O)C[C@@H]1Oc2ccccc2NC1=O. The van der Waals surface area contributed by atoms with Gasteiger partial charge in [-0.25, -0.2) is 0 Å². The standard InChI is InChI=1S/C23H27N3O5/c1-15-7-6-9-17(16(15)2)24-21(27)14-26(11-12-30-3)22(28)13-20-23(29)25-18-8-4-5-10-19(18)31-20/h4-10,20H,11-14H2,1-3H3,(H,24,27)(H,25,29)/t20-/m0/s1. The second kappa shape index (κ2) is 10.1. The molecule has 0 bridgehead atoms. The molecule has 1 atom stereocenters. The number of nitrogens with zero attached hydrogens (tertiary/aromatic N) is 1. The second-order valence-corrected chi connectivity index (χ2v) is 7.40. The van der Waals surface area contributed by atoms with E-state index in [1.165, 1.54) is 12.0 Å². The maximum atomic E-state index is 12.9. The average molecular weight is 425 g/mol. The molecule has 3 amide bonds. The van der Waals surface area contributed by atoms with Crippen LogP contribution in [0.5, 0.6) is 5.75 Å². The molecular weight excluding hydrogens is 398 g/mol. The first-order valence-corrected chi connectivity index (χ1v) is 10.1. The molecule has 164 valence electrons. The van der Waals surface area contributed by atoms with Crippen LogP contribution in [-0.4, -0.2) is 55.5 Å². The smallest absolute Gasteiger partial charge is 0.266 e. The number of methoxy groups -OCH3 is 1. The van der Waals surface area contributed by atoms with Crippen LogP contribution in [0.3, 0.4) is 0 Å². The van der Waals surface area contributed by atoms with Crippen LogP contribution >= 0.6 is 0 Å². The van der Waals surface area contributed by atoms with Crippen molar-refractivity contribution < 1.29 is 23.9 Å². The number of ether oxygens (including phenoxy) is 2. The summed E-state index contributed by atoms with van der Waals surface area (Å²) in [5.74, 6) is -0.570. The highest BCUT2D eigenvalue weighted by Crippen LogP contribution is 2.29. The van der Waals surface area contributed by atoms with Crippen LogP contribution in [0.4, 0.5) is 11.4 Å². The zero-order valence-corrected chi connectivity index (χ0v) is 17.9. The third-order valence-electron chi connectivity index (χ3n) is 5.20. The monoisotopic (exact) mass is 425 g/mol. The predicted octanol–water partition coefficient (Wildman–Crippen LogP) is 2.51. The third kappa shape index (κ3) is 5.61. The fraction of sp³-hybridized carbons (Fsp3) is 0.348. The summed E-state index contributed by atoms with van der Waals surface area (Å²) in [5, 5.41) is 5.60. The van der Waals surface area contributed by atoms with E-state index in [0.717, 1.165) is 11.1 Å². The van der Waals surface area contributed by atoms with Crippen LogP contribution in [-0.2, 0) is 19.1 Å². The molecule has 8 heteroatoms. The molecule has 1 heterocycles. The zero-order chi connectivity index (χ0) is 22.4. The molecule has 2 aromatic carbocycles. The molecule has 8 nitrogen and oxygen atoms in total. The van der Waals surface area contributed by atoms with Gasteiger partial charge in [0, 0.05) is 19.3 Å². The van der Waals surface area contributed by atoms with Gasteiger partial charge in [-0.15, -0.1) is 0 Å². The molecule has 0 spiro atoms. The summed E-state index contributed by atoms with van der Waals surface area (Å²) in [4.78, 5) is 39.3. The number of carbonyl (C=O) groups is 3. The predicted molar refractivity (Wildman–Crippen MR) is 117 cm³/mol. The van der Waals surface area contributed by atoms with Gasteiger partial charge in [0.2, 0.25) is 11.8 Å². The quantitative estimate of drug-likeness (QED) is 0.677. The number of fused-ring (bicyclic) bond motifs is 1. The zero-order valence-electron chi connectivity index (χ0n) is 17.9. The van der Waals surface area contributed by atoms with Crippen LogP contribution in [0, 0.1) is 13.8 Å². The number of amides is 3. The summed E-state index contributed by atoms with van der Waals surface area (Å²) >= 11 is 0. The Kier molecular flexibility index (Phi) is 7.25. The molecular formula is C23H27N3O5. The topological polar surface area (TPSA) is 97.0 Å². The Labute approximate surface area is 181 Å². The first kappa shape index (κ1) is 22.3. The van der Waals surface area contributed by atoms with Crippen molar-refractivity contribution in [2.24, 2.45) is 0 Å². The summed E-state index contributed by atoms with van der Waals surface area (Å²) in [7, 11) is 1.52. The van der Waals surface area contributed by atoms with Crippen molar-refractivity contribution in [3.63, 3.8) is 0 Å². The lowest BCUT2D eigenvalue weighted by atomic mass is 10.1. The lowest BCUT2D eigenvalue weighted by Gasteiger charge is -2.28. The van der Waals surface area contributed by atoms with Crippen molar-refractivity contribution in [3.05, 3.63) is 53.6 Å². The Bertz CT molecular complexity index is 975. The molecule has 1 aliphatic rings. The molecule has 1 aliphatic heterocycles. The minimum Gasteiger partial charge on any atom is -0.478 e. The maximum Gasteiger partial charge on any atom is 0.266 e. The van der Waals surface area contributed by atoms with Crippen LogP contribution < -0.4 is 15.4 Å². The van der Waals surface area contributed by atoms with Crippen molar-refractivity contribution in [1.82, 2.24) is 4.90 Å². The van der Waals surface area contributed by atoms with E-state index in [9.17, 15) is 14.4 Å². The van der Waals surface area contributed by atoms with E-state index >= 15 is 0 Å². The highest BCUT2D eigenvalue weighted by Gasteiger charge is 2.31. The number of aryl methyl sites for hydroxylation is 1. The summed E-state index contributed by atoms with van der Waals surface area (Å²) in [6.45, 7) is 4.23. The molecule has 31 heavy (non-hydrogen) atoms. The third-order valence-corrected chi connectivity index (χ3v) is 5.20. The molecule has 0 saturated heterocycles. The van der Waals surface area contributed by atoms with Gasteiger partial charge < -0.3 is 25.0 Å². The van der Waals surface area contributed by atoms with Crippen molar-refractivity contribution in [1.29, 1.82) is 0 Å². The van der Waals surface area contributed by atoms with Crippen LogP contribution in [0.1, 0.15) is 17.5 Å². The van der Waals surface area contributed by atoms with Gasteiger partial charge in [-0.3, -0.25) is 14.4 Å². The Morgan fingerprint density at radius 3 is 2.71 bits per heavy atom. The van der Waals surface area contributed by atoms with E-state index < -0.39 is 12.0 Å². The lowest BCUT2D eigenvalue weighted by molar-refractivity contribution is -0.139. The van der Waals surface area contributed by atoms with Gasteiger partial charge in [0.05, 0.1) is 25.3 Å². The molecule has 0 saturated carbocycles. The molecule has 2 N–H and O–H groups in total. The van der Waals surface area contributed by atoms with Crippen molar-refractivity contribution in [2.45, 2.75) is 26.4 Å². The molecule has 3 rings (SSSR count). The van der Waals surface area contributed by atoms with Gasteiger partial charge in [-0.1, -0.05) is 24.3 Å². The highest BCUT2D eigenvalue weighted by atomic mass is 16.5. The van der Waals surface area contributed by atoms with Crippen LogP contribution in [0.15, 0.2) is 42.5 Å². The van der Waals surface area contributed by atoms with Gasteiger partial charge in [0.15, 0.2) is 6.10 Å². The van der Waals surface area contributed by atoms with Gasteiger partial charge in [-0.2, -0.15) is 0 Å². The number of anilines is 2. The Balaban J connectivity index is 1.65. The van der Waals surface area contributed by atoms with Crippen LogP contribution in [0.25, 0.3) is 0 Å². The Morgan fingerprint density at radius 1 is 1.16 bits per heavy atom. The fourth-order valence-electron chi connectivity index (χ4n) is 3.26. The summed E-state index contributed by atoms with van der Waals surface area (Å²) in [5.41, 5.74) is 3.30. The van der Waals surface area contributed by atoms with Crippen molar-refractivity contribution in [3.8, 4) is 5.75 Å². The largest absolute Gasteiger partial charge is 0.478 e. The van der Waals surface area contributed by atoms with Gasteiger partial charge >= 0.3 is 0 Å².